The first-order chi connectivity index (χ1) is 10.0. The number of carboxylic acids is 1. The maximum absolute atomic E-state index is 12.5. The molecule has 0 bridgehead atoms. The van der Waals surface area contributed by atoms with Gasteiger partial charge in [0.1, 0.15) is 19.8 Å². The molecule has 0 spiro atoms. The number of nitrogens with zero attached hydrogens (tertiary/aromatic N) is 1. The van der Waals surface area contributed by atoms with Crippen molar-refractivity contribution in [2.75, 3.05) is 26.3 Å². The summed E-state index contributed by atoms with van der Waals surface area (Å²) >= 11 is 3.35. The molecule has 114 valence electrons. The fraction of sp³-hybridized carbons (Fsp3) is 0.429. The molecule has 1 aliphatic heterocycles. The van der Waals surface area contributed by atoms with Crippen molar-refractivity contribution < 1.29 is 24.2 Å². The number of rotatable bonds is 5. The van der Waals surface area contributed by atoms with E-state index in [1.165, 1.54) is 4.90 Å². The standard InChI is InChI=1S/C14H16BrNO5/c1-2-3-16(8-12(17)18)14(19)9-6-10(15)13-11(7-9)20-4-5-21-13/h6-7H,2-5,8H2,1H3,(H,17,18). The van der Waals surface area contributed by atoms with Gasteiger partial charge in [0.2, 0.25) is 0 Å². The van der Waals surface area contributed by atoms with Gasteiger partial charge in [-0.25, -0.2) is 0 Å². The Hall–Kier alpha value is -1.76. The number of carboxylic acid groups (broad SMARTS) is 1. The largest absolute Gasteiger partial charge is 0.486 e. The molecular formula is C14H16BrNO5. The molecule has 0 radical (unpaired) electrons. The van der Waals surface area contributed by atoms with Crippen molar-refractivity contribution in [3.05, 3.63) is 22.2 Å². The molecule has 0 aliphatic carbocycles. The normalized spacial score (nSPS) is 12.9. The van der Waals surface area contributed by atoms with E-state index in [0.717, 1.165) is 0 Å². The third-order valence-electron chi connectivity index (χ3n) is 2.95. The zero-order valence-corrected chi connectivity index (χ0v) is 13.2. The molecular weight excluding hydrogens is 342 g/mol. The zero-order valence-electron chi connectivity index (χ0n) is 11.6. The lowest BCUT2D eigenvalue weighted by Gasteiger charge is -2.23. The molecule has 1 aromatic rings. The van der Waals surface area contributed by atoms with Crippen molar-refractivity contribution in [2.24, 2.45) is 0 Å². The lowest BCUT2D eigenvalue weighted by Crippen LogP contribution is -2.36. The second-order valence-corrected chi connectivity index (χ2v) is 5.46. The van der Waals surface area contributed by atoms with Crippen LogP contribution in [0.2, 0.25) is 0 Å². The van der Waals surface area contributed by atoms with Crippen molar-refractivity contribution in [1.82, 2.24) is 4.90 Å². The quantitative estimate of drug-likeness (QED) is 0.873. The van der Waals surface area contributed by atoms with E-state index in [1.54, 1.807) is 12.1 Å². The van der Waals surface area contributed by atoms with Crippen LogP contribution < -0.4 is 9.47 Å². The van der Waals surface area contributed by atoms with Gasteiger partial charge in [-0.05, 0) is 34.5 Å². The molecule has 0 unspecified atom stereocenters. The van der Waals surface area contributed by atoms with E-state index < -0.39 is 5.97 Å². The number of carbonyl (C=O) groups excluding carboxylic acids is 1. The Morgan fingerprint density at radius 3 is 2.71 bits per heavy atom. The number of fused-ring (bicyclic) bond motifs is 1. The Labute approximate surface area is 130 Å². The highest BCUT2D eigenvalue weighted by atomic mass is 79.9. The summed E-state index contributed by atoms with van der Waals surface area (Å²) in [6.45, 7) is 2.84. The van der Waals surface area contributed by atoms with Gasteiger partial charge in [-0.15, -0.1) is 0 Å². The molecule has 7 heteroatoms. The van der Waals surface area contributed by atoms with Gasteiger partial charge in [-0.3, -0.25) is 9.59 Å². The Bertz CT molecular complexity index is 561. The minimum absolute atomic E-state index is 0.321. The minimum Gasteiger partial charge on any atom is -0.486 e. The maximum atomic E-state index is 12.5. The summed E-state index contributed by atoms with van der Waals surface area (Å²) in [5, 5.41) is 8.91. The molecule has 0 saturated heterocycles. The number of hydrogen-bond acceptors (Lipinski definition) is 4. The van der Waals surface area contributed by atoms with E-state index in [-0.39, 0.29) is 12.5 Å². The van der Waals surface area contributed by atoms with Crippen molar-refractivity contribution in [1.29, 1.82) is 0 Å². The molecule has 6 nitrogen and oxygen atoms in total. The summed E-state index contributed by atoms with van der Waals surface area (Å²) in [6, 6.07) is 3.21. The Morgan fingerprint density at radius 1 is 1.33 bits per heavy atom. The number of aliphatic carboxylic acids is 1. The topological polar surface area (TPSA) is 76.1 Å². The molecule has 1 heterocycles. The Kier molecular flexibility index (Phi) is 5.06. The van der Waals surface area contributed by atoms with E-state index >= 15 is 0 Å². The van der Waals surface area contributed by atoms with Crippen LogP contribution in [0.5, 0.6) is 11.5 Å². The first-order valence-electron chi connectivity index (χ1n) is 6.63. The summed E-state index contributed by atoms with van der Waals surface area (Å²) in [5.41, 5.74) is 0.376. The SMILES string of the molecule is CCCN(CC(=O)O)C(=O)c1cc(Br)c2c(c1)OCCO2. The van der Waals surface area contributed by atoms with Crippen molar-refractivity contribution in [2.45, 2.75) is 13.3 Å². The van der Waals surface area contributed by atoms with E-state index in [4.69, 9.17) is 14.6 Å². The van der Waals surface area contributed by atoms with Gasteiger partial charge >= 0.3 is 5.97 Å². The van der Waals surface area contributed by atoms with Gasteiger partial charge in [0, 0.05) is 12.1 Å². The van der Waals surface area contributed by atoms with Gasteiger partial charge in [0.05, 0.1) is 4.47 Å². The van der Waals surface area contributed by atoms with Crippen LogP contribution in [-0.4, -0.2) is 48.2 Å². The third-order valence-corrected chi connectivity index (χ3v) is 3.54. The number of halogens is 1. The number of ether oxygens (including phenoxy) is 2. The highest BCUT2D eigenvalue weighted by molar-refractivity contribution is 9.10. The smallest absolute Gasteiger partial charge is 0.323 e. The molecule has 21 heavy (non-hydrogen) atoms. The monoisotopic (exact) mass is 357 g/mol. The van der Waals surface area contributed by atoms with Gasteiger partial charge in [0.15, 0.2) is 11.5 Å². The minimum atomic E-state index is -1.03. The fourth-order valence-electron chi connectivity index (χ4n) is 2.10. The van der Waals surface area contributed by atoms with Crippen LogP contribution in [0, 0.1) is 0 Å². The molecule has 1 N–H and O–H groups in total. The van der Waals surface area contributed by atoms with E-state index in [9.17, 15) is 9.59 Å². The van der Waals surface area contributed by atoms with Gasteiger partial charge in [-0.1, -0.05) is 6.92 Å². The van der Waals surface area contributed by atoms with Gasteiger partial charge < -0.3 is 19.5 Å². The Balaban J connectivity index is 2.29. The summed E-state index contributed by atoms with van der Waals surface area (Å²) in [5.74, 6) is -0.311. The van der Waals surface area contributed by atoms with Crippen molar-refractivity contribution in [3.8, 4) is 11.5 Å². The van der Waals surface area contributed by atoms with Crippen LogP contribution >= 0.6 is 15.9 Å². The predicted octanol–water partition coefficient (Wildman–Crippen LogP) is 2.16. The molecule has 0 saturated carbocycles. The van der Waals surface area contributed by atoms with Crippen LogP contribution in [0.25, 0.3) is 0 Å². The lowest BCUT2D eigenvalue weighted by atomic mass is 10.1. The summed E-state index contributed by atoms with van der Waals surface area (Å²) in [6.07, 6.45) is 0.685. The summed E-state index contributed by atoms with van der Waals surface area (Å²) in [7, 11) is 0. The fourth-order valence-corrected chi connectivity index (χ4v) is 2.66. The molecule has 1 aliphatic rings. The van der Waals surface area contributed by atoms with Crippen molar-refractivity contribution in [3.63, 3.8) is 0 Å². The van der Waals surface area contributed by atoms with Crippen LogP contribution in [0.1, 0.15) is 23.7 Å². The third kappa shape index (κ3) is 3.66. The summed E-state index contributed by atoms with van der Waals surface area (Å²) in [4.78, 5) is 24.6. The van der Waals surface area contributed by atoms with Crippen LogP contribution in [-0.2, 0) is 4.79 Å². The van der Waals surface area contributed by atoms with Crippen LogP contribution in [0.4, 0.5) is 0 Å². The molecule has 0 fully saturated rings. The number of benzene rings is 1. The lowest BCUT2D eigenvalue weighted by molar-refractivity contribution is -0.137. The van der Waals surface area contributed by atoms with Crippen LogP contribution in [0.3, 0.4) is 0 Å². The zero-order chi connectivity index (χ0) is 15.4. The van der Waals surface area contributed by atoms with Gasteiger partial charge in [-0.2, -0.15) is 0 Å². The predicted molar refractivity (Wildman–Crippen MR) is 79.0 cm³/mol. The molecule has 0 atom stereocenters. The first-order valence-corrected chi connectivity index (χ1v) is 7.42. The molecule has 1 aromatic carbocycles. The highest BCUT2D eigenvalue weighted by Gasteiger charge is 2.23. The molecule has 1 amide bonds. The average molecular weight is 358 g/mol. The average Bonchev–Trinajstić information content (AvgIpc) is 2.45. The first kappa shape index (κ1) is 15.6. The van der Waals surface area contributed by atoms with E-state index in [2.05, 4.69) is 15.9 Å². The van der Waals surface area contributed by atoms with Gasteiger partial charge in [0.25, 0.3) is 5.91 Å². The number of carbonyl (C=O) groups is 2. The molecule has 2 rings (SSSR count). The number of amides is 1. The van der Waals surface area contributed by atoms with E-state index in [0.29, 0.717) is 47.7 Å². The number of hydrogen-bond donors (Lipinski definition) is 1. The molecule has 0 aromatic heterocycles. The highest BCUT2D eigenvalue weighted by Crippen LogP contribution is 2.38. The second kappa shape index (κ2) is 6.80. The van der Waals surface area contributed by atoms with Crippen molar-refractivity contribution >= 4 is 27.8 Å². The van der Waals surface area contributed by atoms with E-state index in [1.807, 2.05) is 6.92 Å². The Morgan fingerprint density at radius 2 is 2.05 bits per heavy atom. The van der Waals surface area contributed by atoms with Crippen LogP contribution in [0.15, 0.2) is 16.6 Å². The second-order valence-electron chi connectivity index (χ2n) is 4.60. The maximum Gasteiger partial charge on any atom is 0.323 e. The summed E-state index contributed by atoms with van der Waals surface area (Å²) < 4.78 is 11.6.